The monoisotopic (exact) mass is 253 g/mol. The van der Waals surface area contributed by atoms with E-state index in [1.165, 1.54) is 18.2 Å². The van der Waals surface area contributed by atoms with E-state index in [0.717, 1.165) is 31.0 Å². The van der Waals surface area contributed by atoms with Crippen LogP contribution in [0.3, 0.4) is 0 Å². The maximum Gasteiger partial charge on any atom is 0.254 e. The van der Waals surface area contributed by atoms with Crippen molar-refractivity contribution in [3.05, 3.63) is 23.8 Å². The van der Waals surface area contributed by atoms with Crippen molar-refractivity contribution in [1.29, 1.82) is 0 Å². The SMILES string of the molecule is O=C(c1cc(O)cc(O)c1)N1CCCSCC1. The highest BCUT2D eigenvalue weighted by Crippen LogP contribution is 2.22. The lowest BCUT2D eigenvalue weighted by Crippen LogP contribution is -2.32. The molecule has 1 fully saturated rings. The van der Waals surface area contributed by atoms with Gasteiger partial charge in [0.25, 0.3) is 5.91 Å². The lowest BCUT2D eigenvalue weighted by Gasteiger charge is -2.20. The first-order chi connectivity index (χ1) is 8.16. The fourth-order valence-electron chi connectivity index (χ4n) is 1.85. The van der Waals surface area contributed by atoms with Crippen LogP contribution in [0.25, 0.3) is 0 Å². The Kier molecular flexibility index (Phi) is 3.78. The highest BCUT2D eigenvalue weighted by atomic mass is 32.2. The number of phenolic OH excluding ortho intramolecular Hbond substituents is 2. The quantitative estimate of drug-likeness (QED) is 0.799. The molecule has 0 aromatic heterocycles. The Morgan fingerprint density at radius 3 is 2.53 bits per heavy atom. The van der Waals surface area contributed by atoms with Gasteiger partial charge in [0.05, 0.1) is 0 Å². The van der Waals surface area contributed by atoms with Crippen LogP contribution >= 0.6 is 11.8 Å². The number of benzene rings is 1. The molecule has 2 rings (SSSR count). The van der Waals surface area contributed by atoms with Gasteiger partial charge < -0.3 is 15.1 Å². The van der Waals surface area contributed by atoms with Crippen LogP contribution in [0.1, 0.15) is 16.8 Å². The minimum absolute atomic E-state index is 0.0856. The molecule has 1 heterocycles. The summed E-state index contributed by atoms with van der Waals surface area (Å²) in [5.41, 5.74) is 0.342. The molecule has 0 unspecified atom stereocenters. The number of rotatable bonds is 1. The van der Waals surface area contributed by atoms with Gasteiger partial charge in [-0.25, -0.2) is 0 Å². The third-order valence-corrected chi connectivity index (χ3v) is 3.71. The molecule has 4 nitrogen and oxygen atoms in total. The zero-order valence-corrected chi connectivity index (χ0v) is 10.2. The maximum atomic E-state index is 12.2. The summed E-state index contributed by atoms with van der Waals surface area (Å²) in [6.45, 7) is 1.46. The van der Waals surface area contributed by atoms with Crippen LogP contribution < -0.4 is 0 Å². The maximum absolute atomic E-state index is 12.2. The van der Waals surface area contributed by atoms with Crippen molar-refractivity contribution >= 4 is 17.7 Å². The molecule has 2 N–H and O–H groups in total. The van der Waals surface area contributed by atoms with E-state index in [4.69, 9.17) is 0 Å². The number of carbonyl (C=O) groups is 1. The molecule has 1 aliphatic rings. The molecule has 17 heavy (non-hydrogen) atoms. The van der Waals surface area contributed by atoms with Crippen LogP contribution in [-0.2, 0) is 0 Å². The van der Waals surface area contributed by atoms with Crippen LogP contribution in [0.4, 0.5) is 0 Å². The number of nitrogens with zero attached hydrogens (tertiary/aromatic N) is 1. The van der Waals surface area contributed by atoms with E-state index in [0.29, 0.717) is 5.56 Å². The highest BCUT2D eigenvalue weighted by molar-refractivity contribution is 7.99. The average molecular weight is 253 g/mol. The Bertz CT molecular complexity index is 394. The van der Waals surface area contributed by atoms with E-state index in [1.54, 1.807) is 4.90 Å². The van der Waals surface area contributed by atoms with Crippen molar-refractivity contribution in [3.63, 3.8) is 0 Å². The summed E-state index contributed by atoms with van der Waals surface area (Å²) in [6.07, 6.45) is 0.987. The molecule has 1 aromatic carbocycles. The molecule has 1 amide bonds. The molecule has 0 aliphatic carbocycles. The Balaban J connectivity index is 2.17. The normalized spacial score (nSPS) is 16.6. The van der Waals surface area contributed by atoms with E-state index >= 15 is 0 Å². The molecule has 92 valence electrons. The topological polar surface area (TPSA) is 60.8 Å². The summed E-state index contributed by atoms with van der Waals surface area (Å²) >= 11 is 1.85. The zero-order chi connectivity index (χ0) is 12.3. The van der Waals surface area contributed by atoms with Gasteiger partial charge in [-0.1, -0.05) is 0 Å². The van der Waals surface area contributed by atoms with Crippen molar-refractivity contribution in [2.75, 3.05) is 24.6 Å². The first-order valence-corrected chi connectivity index (χ1v) is 6.72. The van der Waals surface area contributed by atoms with Gasteiger partial charge in [-0.2, -0.15) is 11.8 Å². The number of hydrogen-bond acceptors (Lipinski definition) is 4. The van der Waals surface area contributed by atoms with Crippen LogP contribution in [0.15, 0.2) is 18.2 Å². The van der Waals surface area contributed by atoms with E-state index in [1.807, 2.05) is 11.8 Å². The zero-order valence-electron chi connectivity index (χ0n) is 9.43. The molecule has 1 aliphatic heterocycles. The molecule has 0 bridgehead atoms. The molecular formula is C12H15NO3S. The van der Waals surface area contributed by atoms with Gasteiger partial charge in [-0.3, -0.25) is 4.79 Å². The average Bonchev–Trinajstić information content (AvgIpc) is 2.55. The standard InChI is InChI=1S/C12H15NO3S/c14-10-6-9(7-11(15)8-10)12(16)13-2-1-4-17-5-3-13/h6-8,14-15H,1-5H2. The van der Waals surface area contributed by atoms with Gasteiger partial charge in [0.1, 0.15) is 11.5 Å². The van der Waals surface area contributed by atoms with Gasteiger partial charge in [-0.05, 0) is 24.3 Å². The Hall–Kier alpha value is -1.36. The fraction of sp³-hybridized carbons (Fsp3) is 0.417. The largest absolute Gasteiger partial charge is 0.508 e. The van der Waals surface area contributed by atoms with Crippen LogP contribution in [-0.4, -0.2) is 45.6 Å². The van der Waals surface area contributed by atoms with Gasteiger partial charge in [0.2, 0.25) is 0 Å². The highest BCUT2D eigenvalue weighted by Gasteiger charge is 2.18. The summed E-state index contributed by atoms with van der Waals surface area (Å²) < 4.78 is 0. The minimum atomic E-state index is -0.126. The summed E-state index contributed by atoms with van der Waals surface area (Å²) in [4.78, 5) is 13.9. The van der Waals surface area contributed by atoms with Crippen molar-refractivity contribution in [1.82, 2.24) is 4.90 Å². The van der Waals surface area contributed by atoms with Crippen molar-refractivity contribution in [2.24, 2.45) is 0 Å². The third kappa shape index (κ3) is 3.06. The lowest BCUT2D eigenvalue weighted by molar-refractivity contribution is 0.0767. The summed E-state index contributed by atoms with van der Waals surface area (Å²) in [5.74, 6) is 1.72. The molecule has 0 atom stereocenters. The second-order valence-electron chi connectivity index (χ2n) is 4.00. The van der Waals surface area contributed by atoms with E-state index in [9.17, 15) is 15.0 Å². The van der Waals surface area contributed by atoms with Crippen LogP contribution in [0, 0.1) is 0 Å². The number of hydrogen-bond donors (Lipinski definition) is 2. The van der Waals surface area contributed by atoms with Crippen molar-refractivity contribution in [2.45, 2.75) is 6.42 Å². The number of thioether (sulfide) groups is 1. The third-order valence-electron chi connectivity index (χ3n) is 2.66. The fourth-order valence-corrected chi connectivity index (χ4v) is 2.74. The second kappa shape index (κ2) is 5.31. The molecule has 1 saturated heterocycles. The van der Waals surface area contributed by atoms with E-state index < -0.39 is 0 Å². The van der Waals surface area contributed by atoms with Gasteiger partial charge in [-0.15, -0.1) is 0 Å². The number of phenols is 2. The summed E-state index contributed by atoms with van der Waals surface area (Å²) in [5, 5.41) is 18.7. The van der Waals surface area contributed by atoms with E-state index in [-0.39, 0.29) is 17.4 Å². The number of amides is 1. The Morgan fingerprint density at radius 1 is 1.12 bits per heavy atom. The minimum Gasteiger partial charge on any atom is -0.508 e. The molecular weight excluding hydrogens is 238 g/mol. The molecule has 5 heteroatoms. The lowest BCUT2D eigenvalue weighted by atomic mass is 10.1. The van der Waals surface area contributed by atoms with Crippen LogP contribution in [0.2, 0.25) is 0 Å². The smallest absolute Gasteiger partial charge is 0.254 e. The van der Waals surface area contributed by atoms with Crippen molar-refractivity contribution in [3.8, 4) is 11.5 Å². The molecule has 1 aromatic rings. The molecule has 0 radical (unpaired) electrons. The Labute approximate surface area is 104 Å². The molecule has 0 saturated carbocycles. The summed E-state index contributed by atoms with van der Waals surface area (Å²) in [6, 6.07) is 4.00. The predicted octanol–water partition coefficient (Wildman–Crippen LogP) is 1.68. The van der Waals surface area contributed by atoms with Gasteiger partial charge in [0.15, 0.2) is 0 Å². The van der Waals surface area contributed by atoms with Crippen molar-refractivity contribution < 1.29 is 15.0 Å². The first-order valence-electron chi connectivity index (χ1n) is 5.57. The Morgan fingerprint density at radius 2 is 1.82 bits per heavy atom. The van der Waals surface area contributed by atoms with E-state index in [2.05, 4.69) is 0 Å². The number of carbonyl (C=O) groups excluding carboxylic acids is 1. The van der Waals surface area contributed by atoms with Gasteiger partial charge >= 0.3 is 0 Å². The summed E-state index contributed by atoms with van der Waals surface area (Å²) in [7, 11) is 0. The molecule has 0 spiro atoms. The van der Waals surface area contributed by atoms with Gasteiger partial charge in [0, 0.05) is 30.5 Å². The first kappa shape index (κ1) is 12.1. The van der Waals surface area contributed by atoms with Crippen LogP contribution in [0.5, 0.6) is 11.5 Å². The number of aromatic hydroxyl groups is 2. The predicted molar refractivity (Wildman–Crippen MR) is 67.6 cm³/mol. The second-order valence-corrected chi connectivity index (χ2v) is 5.22.